The molecule has 2 aromatic carbocycles. The zero-order chi connectivity index (χ0) is 17.6. The van der Waals surface area contributed by atoms with Gasteiger partial charge in [-0.2, -0.15) is 4.98 Å². The van der Waals surface area contributed by atoms with Gasteiger partial charge in [0.2, 0.25) is 5.95 Å². The average molecular weight is 334 g/mol. The van der Waals surface area contributed by atoms with Crippen LogP contribution >= 0.6 is 0 Å². The lowest BCUT2D eigenvalue weighted by Crippen LogP contribution is -2.21. The third-order valence-electron chi connectivity index (χ3n) is 3.77. The Kier molecular flexibility index (Phi) is 5.26. The number of aliphatic hydroxyl groups excluding tert-OH is 1. The predicted molar refractivity (Wildman–Crippen MR) is 102 cm³/mol. The number of nitrogens with one attached hydrogen (secondary N) is 2. The van der Waals surface area contributed by atoms with Gasteiger partial charge in [0, 0.05) is 23.4 Å². The maximum atomic E-state index is 9.28. The molecule has 1 aromatic heterocycles. The normalized spacial score (nSPS) is 11.8. The minimum atomic E-state index is -0.127. The van der Waals surface area contributed by atoms with Crippen LogP contribution in [0.5, 0.6) is 0 Å². The van der Waals surface area contributed by atoms with Gasteiger partial charge in [-0.15, -0.1) is 0 Å². The van der Waals surface area contributed by atoms with Crippen LogP contribution < -0.4 is 10.6 Å². The Hall–Kier alpha value is -2.92. The topological polar surface area (TPSA) is 70.1 Å². The third-order valence-corrected chi connectivity index (χ3v) is 3.77. The van der Waals surface area contributed by atoms with Gasteiger partial charge in [0.25, 0.3) is 0 Å². The second-order valence-electron chi connectivity index (χ2n) is 6.05. The molecular weight excluding hydrogens is 312 g/mol. The Balaban J connectivity index is 1.95. The zero-order valence-electron chi connectivity index (χ0n) is 14.4. The van der Waals surface area contributed by atoms with E-state index in [1.54, 1.807) is 0 Å². The fourth-order valence-electron chi connectivity index (χ4n) is 2.38. The minimum absolute atomic E-state index is 0.0135. The van der Waals surface area contributed by atoms with E-state index in [1.165, 1.54) is 5.56 Å². The van der Waals surface area contributed by atoms with E-state index >= 15 is 0 Å². The van der Waals surface area contributed by atoms with E-state index in [-0.39, 0.29) is 12.6 Å². The summed E-state index contributed by atoms with van der Waals surface area (Å²) in [4.78, 5) is 9.09. The second kappa shape index (κ2) is 7.77. The van der Waals surface area contributed by atoms with Crippen LogP contribution in [0, 0.1) is 6.92 Å². The maximum Gasteiger partial charge on any atom is 0.225 e. The van der Waals surface area contributed by atoms with E-state index in [2.05, 4.69) is 39.7 Å². The molecule has 0 spiro atoms. The number of rotatable bonds is 6. The van der Waals surface area contributed by atoms with Gasteiger partial charge >= 0.3 is 0 Å². The molecule has 0 aliphatic heterocycles. The first-order valence-electron chi connectivity index (χ1n) is 8.29. The van der Waals surface area contributed by atoms with Crippen LogP contribution in [0.4, 0.5) is 17.5 Å². The van der Waals surface area contributed by atoms with Crippen LogP contribution in [0.1, 0.15) is 12.5 Å². The van der Waals surface area contributed by atoms with Gasteiger partial charge < -0.3 is 15.7 Å². The van der Waals surface area contributed by atoms with Crippen molar-refractivity contribution >= 4 is 17.5 Å². The van der Waals surface area contributed by atoms with Crippen molar-refractivity contribution in [3.8, 4) is 11.3 Å². The van der Waals surface area contributed by atoms with Crippen molar-refractivity contribution in [1.82, 2.24) is 9.97 Å². The molecule has 0 bridgehead atoms. The van der Waals surface area contributed by atoms with Crippen molar-refractivity contribution in [2.75, 3.05) is 17.2 Å². The highest BCUT2D eigenvalue weighted by molar-refractivity contribution is 5.67. The highest BCUT2D eigenvalue weighted by Crippen LogP contribution is 2.24. The summed E-state index contributed by atoms with van der Waals surface area (Å²) in [6, 6.07) is 19.9. The molecule has 1 heterocycles. The van der Waals surface area contributed by atoms with Crippen molar-refractivity contribution < 1.29 is 5.11 Å². The lowest BCUT2D eigenvalue weighted by atomic mass is 10.1. The number of aliphatic hydroxyl groups is 1. The van der Waals surface area contributed by atoms with Gasteiger partial charge in [0.15, 0.2) is 0 Å². The molecule has 5 heteroatoms. The average Bonchev–Trinajstić information content (AvgIpc) is 2.64. The van der Waals surface area contributed by atoms with Gasteiger partial charge in [-0.3, -0.25) is 0 Å². The molecule has 0 unspecified atom stereocenters. The molecule has 5 nitrogen and oxygen atoms in total. The molecule has 0 radical (unpaired) electrons. The number of hydrogen-bond acceptors (Lipinski definition) is 5. The monoisotopic (exact) mass is 334 g/mol. The van der Waals surface area contributed by atoms with Crippen LogP contribution in [0.25, 0.3) is 11.3 Å². The number of anilines is 3. The molecule has 25 heavy (non-hydrogen) atoms. The summed E-state index contributed by atoms with van der Waals surface area (Å²) >= 11 is 0. The quantitative estimate of drug-likeness (QED) is 0.636. The fraction of sp³-hybridized carbons (Fsp3) is 0.200. The lowest BCUT2D eigenvalue weighted by Gasteiger charge is -2.14. The summed E-state index contributed by atoms with van der Waals surface area (Å²) in [6.45, 7) is 3.95. The van der Waals surface area contributed by atoms with E-state index in [1.807, 2.05) is 55.5 Å². The summed E-state index contributed by atoms with van der Waals surface area (Å²) in [5, 5.41) is 15.7. The number of aromatic nitrogens is 2. The Bertz CT molecular complexity index is 819. The summed E-state index contributed by atoms with van der Waals surface area (Å²) in [5.41, 5.74) is 4.00. The summed E-state index contributed by atoms with van der Waals surface area (Å²) < 4.78 is 0. The molecule has 0 saturated carbocycles. The van der Waals surface area contributed by atoms with Crippen molar-refractivity contribution in [2.45, 2.75) is 19.9 Å². The Morgan fingerprint density at radius 1 is 1.00 bits per heavy atom. The molecule has 128 valence electrons. The highest BCUT2D eigenvalue weighted by Gasteiger charge is 2.09. The van der Waals surface area contributed by atoms with Crippen LogP contribution in [0.15, 0.2) is 60.7 Å². The number of nitrogens with zero attached hydrogens (tertiary/aromatic N) is 2. The second-order valence-corrected chi connectivity index (χ2v) is 6.05. The number of aryl methyl sites for hydroxylation is 1. The number of benzene rings is 2. The fourth-order valence-corrected chi connectivity index (χ4v) is 2.38. The number of hydrogen-bond donors (Lipinski definition) is 3. The third kappa shape index (κ3) is 4.55. The lowest BCUT2D eigenvalue weighted by molar-refractivity contribution is 0.281. The van der Waals surface area contributed by atoms with E-state index in [4.69, 9.17) is 0 Å². The molecule has 0 aliphatic carbocycles. The summed E-state index contributed by atoms with van der Waals surface area (Å²) in [6.07, 6.45) is 0. The van der Waals surface area contributed by atoms with Crippen LogP contribution in [0.2, 0.25) is 0 Å². The minimum Gasteiger partial charge on any atom is -0.394 e. The van der Waals surface area contributed by atoms with Crippen molar-refractivity contribution in [3.05, 3.63) is 66.2 Å². The first-order chi connectivity index (χ1) is 12.1. The van der Waals surface area contributed by atoms with E-state index in [0.29, 0.717) is 11.8 Å². The Morgan fingerprint density at radius 3 is 2.40 bits per heavy atom. The highest BCUT2D eigenvalue weighted by atomic mass is 16.3. The van der Waals surface area contributed by atoms with Gasteiger partial charge in [-0.1, -0.05) is 48.0 Å². The summed E-state index contributed by atoms with van der Waals surface area (Å²) in [5.74, 6) is 1.18. The molecule has 1 atom stereocenters. The van der Waals surface area contributed by atoms with Crippen LogP contribution in [-0.4, -0.2) is 27.7 Å². The van der Waals surface area contributed by atoms with Crippen molar-refractivity contribution in [3.63, 3.8) is 0 Å². The van der Waals surface area contributed by atoms with E-state index < -0.39 is 0 Å². The summed E-state index contributed by atoms with van der Waals surface area (Å²) in [7, 11) is 0. The van der Waals surface area contributed by atoms with Gasteiger partial charge in [0.1, 0.15) is 5.82 Å². The molecule has 0 amide bonds. The molecule has 0 fully saturated rings. The standard InChI is InChI=1S/C20H22N4O/c1-14-8-10-17(11-9-14)22-19-12-18(16-6-4-3-5-7-16)23-20(24-19)21-15(2)13-25/h3-12,15,25H,13H2,1-2H3,(H2,21,22,23,24)/t15-/m0/s1. The SMILES string of the molecule is Cc1ccc(Nc2cc(-c3ccccc3)nc(N[C@@H](C)CO)n2)cc1. The molecule has 3 rings (SSSR count). The van der Waals surface area contributed by atoms with Crippen molar-refractivity contribution in [2.24, 2.45) is 0 Å². The van der Waals surface area contributed by atoms with Crippen LogP contribution in [-0.2, 0) is 0 Å². The molecule has 3 aromatic rings. The maximum absolute atomic E-state index is 9.28. The zero-order valence-corrected chi connectivity index (χ0v) is 14.4. The molecular formula is C20H22N4O. The van der Waals surface area contributed by atoms with Crippen LogP contribution in [0.3, 0.4) is 0 Å². The Morgan fingerprint density at radius 2 is 1.72 bits per heavy atom. The first kappa shape index (κ1) is 16.9. The predicted octanol–water partition coefficient (Wildman–Crippen LogP) is 3.99. The van der Waals surface area contributed by atoms with Gasteiger partial charge in [-0.25, -0.2) is 4.98 Å². The van der Waals surface area contributed by atoms with E-state index in [9.17, 15) is 5.11 Å². The molecule has 3 N–H and O–H groups in total. The first-order valence-corrected chi connectivity index (χ1v) is 8.29. The van der Waals surface area contributed by atoms with Gasteiger partial charge in [-0.05, 0) is 26.0 Å². The Labute approximate surface area is 147 Å². The largest absolute Gasteiger partial charge is 0.394 e. The smallest absolute Gasteiger partial charge is 0.225 e. The molecule has 0 aliphatic rings. The van der Waals surface area contributed by atoms with Crippen molar-refractivity contribution in [1.29, 1.82) is 0 Å². The van der Waals surface area contributed by atoms with E-state index in [0.717, 1.165) is 16.9 Å². The van der Waals surface area contributed by atoms with Gasteiger partial charge in [0.05, 0.1) is 12.3 Å². The molecule has 0 saturated heterocycles.